The number of nitrogens with zero attached hydrogens (tertiary/aromatic N) is 3. The first-order valence-corrected chi connectivity index (χ1v) is 7.68. The van der Waals surface area contributed by atoms with Gasteiger partial charge in [-0.25, -0.2) is 8.42 Å². The van der Waals surface area contributed by atoms with Crippen molar-refractivity contribution in [3.05, 3.63) is 36.2 Å². The number of aromatic nitrogens is 2. The lowest BCUT2D eigenvalue weighted by Gasteiger charge is -2.09. The summed E-state index contributed by atoms with van der Waals surface area (Å²) in [6, 6.07) is 6.07. The topological polar surface area (TPSA) is 114 Å². The van der Waals surface area contributed by atoms with E-state index < -0.39 is 10.0 Å². The van der Waals surface area contributed by atoms with Gasteiger partial charge in [0.05, 0.1) is 29.2 Å². The Morgan fingerprint density at radius 2 is 2.14 bits per heavy atom. The van der Waals surface area contributed by atoms with Crippen LogP contribution in [0.15, 0.2) is 35.5 Å². The number of hydrogen-bond donors (Lipinski definition) is 2. The monoisotopic (exact) mass is 305 g/mol. The second kappa shape index (κ2) is 5.46. The van der Waals surface area contributed by atoms with Crippen LogP contribution in [0.3, 0.4) is 0 Å². The SMILES string of the molecule is CC(C)n1cc(NS(=O)(=O)c2ccc(C#N)cc2N)cn1. The maximum atomic E-state index is 12.3. The van der Waals surface area contributed by atoms with E-state index >= 15 is 0 Å². The molecule has 0 spiro atoms. The van der Waals surface area contributed by atoms with Crippen molar-refractivity contribution in [2.45, 2.75) is 24.8 Å². The summed E-state index contributed by atoms with van der Waals surface area (Å²) in [5, 5.41) is 12.8. The third kappa shape index (κ3) is 3.14. The Hall–Kier alpha value is -2.53. The van der Waals surface area contributed by atoms with Crippen LogP contribution in [-0.2, 0) is 10.0 Å². The summed E-state index contributed by atoms with van der Waals surface area (Å²) in [5.74, 6) is 0. The fourth-order valence-electron chi connectivity index (χ4n) is 1.75. The van der Waals surface area contributed by atoms with Gasteiger partial charge in [-0.15, -0.1) is 0 Å². The lowest BCUT2D eigenvalue weighted by molar-refractivity contribution is 0.532. The number of nitrogens with two attached hydrogens (primary N) is 1. The Balaban J connectivity index is 2.32. The van der Waals surface area contributed by atoms with Gasteiger partial charge >= 0.3 is 0 Å². The molecule has 0 bridgehead atoms. The average molecular weight is 305 g/mol. The molecule has 0 fully saturated rings. The van der Waals surface area contributed by atoms with Crippen molar-refractivity contribution < 1.29 is 8.42 Å². The number of nitrogen functional groups attached to an aromatic ring is 1. The van der Waals surface area contributed by atoms with Crippen molar-refractivity contribution in [2.75, 3.05) is 10.5 Å². The molecule has 0 amide bonds. The van der Waals surface area contributed by atoms with Crippen LogP contribution in [0.5, 0.6) is 0 Å². The van der Waals surface area contributed by atoms with Gasteiger partial charge in [0, 0.05) is 12.2 Å². The standard InChI is InChI=1S/C13H15N5O2S/c1-9(2)18-8-11(7-16-18)17-21(19,20)13-4-3-10(6-14)5-12(13)15/h3-5,7-9,17H,15H2,1-2H3. The van der Waals surface area contributed by atoms with Gasteiger partial charge in [0.15, 0.2) is 0 Å². The summed E-state index contributed by atoms with van der Waals surface area (Å²) in [4.78, 5) is -0.0706. The Morgan fingerprint density at radius 3 is 2.67 bits per heavy atom. The number of sulfonamides is 1. The summed E-state index contributed by atoms with van der Waals surface area (Å²) in [5.41, 5.74) is 6.38. The summed E-state index contributed by atoms with van der Waals surface area (Å²) in [7, 11) is -3.82. The van der Waals surface area contributed by atoms with E-state index in [-0.39, 0.29) is 16.6 Å². The minimum Gasteiger partial charge on any atom is -0.398 e. The molecule has 0 atom stereocenters. The quantitative estimate of drug-likeness (QED) is 0.835. The Morgan fingerprint density at radius 1 is 1.43 bits per heavy atom. The summed E-state index contributed by atoms with van der Waals surface area (Å²) >= 11 is 0. The van der Waals surface area contributed by atoms with Gasteiger partial charge in [-0.3, -0.25) is 9.40 Å². The zero-order valence-corrected chi connectivity index (χ0v) is 12.4. The van der Waals surface area contributed by atoms with Crippen molar-refractivity contribution in [2.24, 2.45) is 0 Å². The predicted molar refractivity (Wildman–Crippen MR) is 79.0 cm³/mol. The van der Waals surface area contributed by atoms with Gasteiger partial charge in [-0.1, -0.05) is 0 Å². The van der Waals surface area contributed by atoms with E-state index in [1.165, 1.54) is 24.4 Å². The summed E-state index contributed by atoms with van der Waals surface area (Å²) < 4.78 is 28.6. The predicted octanol–water partition coefficient (Wildman–Crippen LogP) is 1.72. The number of anilines is 2. The van der Waals surface area contributed by atoms with Crippen LogP contribution in [-0.4, -0.2) is 18.2 Å². The van der Waals surface area contributed by atoms with E-state index in [0.29, 0.717) is 11.3 Å². The van der Waals surface area contributed by atoms with Crippen molar-refractivity contribution in [1.29, 1.82) is 5.26 Å². The minimum atomic E-state index is -3.82. The van der Waals surface area contributed by atoms with Crippen molar-refractivity contribution in [3.8, 4) is 6.07 Å². The molecule has 0 unspecified atom stereocenters. The third-order valence-electron chi connectivity index (χ3n) is 2.81. The lowest BCUT2D eigenvalue weighted by Crippen LogP contribution is -2.14. The highest BCUT2D eigenvalue weighted by molar-refractivity contribution is 7.92. The highest BCUT2D eigenvalue weighted by Gasteiger charge is 2.18. The second-order valence-corrected chi connectivity index (χ2v) is 6.42. The molecular weight excluding hydrogens is 290 g/mol. The molecule has 0 saturated carbocycles. The summed E-state index contributed by atoms with van der Waals surface area (Å²) in [6.45, 7) is 3.87. The van der Waals surface area contributed by atoms with Gasteiger partial charge in [0.1, 0.15) is 4.90 Å². The molecule has 0 aliphatic heterocycles. The smallest absolute Gasteiger partial charge is 0.264 e. The molecule has 0 radical (unpaired) electrons. The number of benzene rings is 1. The van der Waals surface area contributed by atoms with E-state index in [1.54, 1.807) is 10.9 Å². The Labute approximate surface area is 123 Å². The molecule has 0 saturated heterocycles. The summed E-state index contributed by atoms with van der Waals surface area (Å²) in [6.07, 6.45) is 3.03. The number of nitrogens with one attached hydrogen (secondary N) is 1. The maximum Gasteiger partial charge on any atom is 0.264 e. The van der Waals surface area contributed by atoms with Gasteiger partial charge in [0.2, 0.25) is 0 Å². The first-order valence-electron chi connectivity index (χ1n) is 6.20. The van der Waals surface area contributed by atoms with Gasteiger partial charge in [0.25, 0.3) is 10.0 Å². The molecule has 1 heterocycles. The molecule has 7 nitrogen and oxygen atoms in total. The Kier molecular flexibility index (Phi) is 3.86. The highest BCUT2D eigenvalue weighted by Crippen LogP contribution is 2.22. The van der Waals surface area contributed by atoms with E-state index in [1.807, 2.05) is 19.9 Å². The van der Waals surface area contributed by atoms with E-state index in [2.05, 4.69) is 9.82 Å². The van der Waals surface area contributed by atoms with Crippen molar-refractivity contribution >= 4 is 21.4 Å². The fraction of sp³-hybridized carbons (Fsp3) is 0.231. The lowest BCUT2D eigenvalue weighted by atomic mass is 10.2. The van der Waals surface area contributed by atoms with E-state index in [4.69, 9.17) is 11.0 Å². The number of rotatable bonds is 4. The van der Waals surface area contributed by atoms with Crippen LogP contribution in [0.1, 0.15) is 25.5 Å². The molecule has 3 N–H and O–H groups in total. The number of hydrogen-bond acceptors (Lipinski definition) is 5. The van der Waals surface area contributed by atoms with Crippen LogP contribution in [0.4, 0.5) is 11.4 Å². The zero-order chi connectivity index (χ0) is 15.6. The second-order valence-electron chi connectivity index (χ2n) is 4.77. The van der Waals surface area contributed by atoms with Crippen molar-refractivity contribution in [1.82, 2.24) is 9.78 Å². The minimum absolute atomic E-state index is 0.0257. The normalized spacial score (nSPS) is 11.3. The molecule has 21 heavy (non-hydrogen) atoms. The average Bonchev–Trinajstić information content (AvgIpc) is 2.86. The molecule has 0 aliphatic carbocycles. The number of nitriles is 1. The molecule has 8 heteroatoms. The van der Waals surface area contributed by atoms with Gasteiger partial charge in [-0.05, 0) is 32.0 Å². The van der Waals surface area contributed by atoms with Gasteiger partial charge in [-0.2, -0.15) is 10.4 Å². The van der Waals surface area contributed by atoms with Gasteiger partial charge < -0.3 is 5.73 Å². The molecule has 0 aliphatic rings. The highest BCUT2D eigenvalue weighted by atomic mass is 32.2. The molecule has 2 aromatic rings. The van der Waals surface area contributed by atoms with Crippen LogP contribution >= 0.6 is 0 Å². The van der Waals surface area contributed by atoms with Crippen LogP contribution in [0.25, 0.3) is 0 Å². The molecule has 2 rings (SSSR count). The maximum absolute atomic E-state index is 12.3. The van der Waals surface area contributed by atoms with E-state index in [0.717, 1.165) is 0 Å². The van der Waals surface area contributed by atoms with Crippen LogP contribution < -0.4 is 10.5 Å². The largest absolute Gasteiger partial charge is 0.398 e. The fourth-order valence-corrected chi connectivity index (χ4v) is 2.89. The van der Waals surface area contributed by atoms with Crippen molar-refractivity contribution in [3.63, 3.8) is 0 Å². The molecule has 1 aromatic carbocycles. The molecular formula is C13H15N5O2S. The zero-order valence-electron chi connectivity index (χ0n) is 11.6. The first kappa shape index (κ1) is 14.9. The molecule has 110 valence electrons. The van der Waals surface area contributed by atoms with Crippen LogP contribution in [0, 0.1) is 11.3 Å². The van der Waals surface area contributed by atoms with E-state index in [9.17, 15) is 8.42 Å². The molecule has 1 aromatic heterocycles. The Bertz CT molecular complexity index is 802. The third-order valence-corrected chi connectivity index (χ3v) is 4.27. The van der Waals surface area contributed by atoms with Crippen LogP contribution in [0.2, 0.25) is 0 Å². The first-order chi connectivity index (χ1) is 9.83.